The van der Waals surface area contributed by atoms with Crippen molar-refractivity contribution in [2.75, 3.05) is 10.7 Å². The van der Waals surface area contributed by atoms with Crippen LogP contribution in [-0.4, -0.2) is 11.7 Å². The average molecular weight is 401 g/mol. The number of fused-ring (bicyclic) bond motifs is 1. The summed E-state index contributed by atoms with van der Waals surface area (Å²) in [6.45, 7) is 11.8. The molecule has 1 atom stereocenters. The first-order valence-electron chi connectivity index (χ1n) is 9.70. The van der Waals surface area contributed by atoms with Gasteiger partial charge in [-0.3, -0.25) is 4.79 Å². The number of amides is 1. The number of carbonyl (C=O) groups is 1. The van der Waals surface area contributed by atoms with Gasteiger partial charge >= 0.3 is 0 Å². The third-order valence-corrected chi connectivity index (χ3v) is 6.27. The van der Waals surface area contributed by atoms with E-state index in [2.05, 4.69) is 51.7 Å². The molecule has 150 valence electrons. The third-order valence-electron chi connectivity index (χ3n) is 5.33. The molecule has 1 heterocycles. The van der Waals surface area contributed by atoms with Gasteiger partial charge in [0.25, 0.3) is 0 Å². The minimum atomic E-state index is -0.347. The summed E-state index contributed by atoms with van der Waals surface area (Å²) in [7, 11) is 0. The number of aryl methyl sites for hydroxylation is 1. The summed E-state index contributed by atoms with van der Waals surface area (Å²) in [6, 6.07) is 9.33. The van der Waals surface area contributed by atoms with Crippen LogP contribution in [-0.2, 0) is 17.9 Å². The lowest BCUT2D eigenvalue weighted by atomic mass is 9.74. The van der Waals surface area contributed by atoms with Gasteiger partial charge in [-0.05, 0) is 64.6 Å². The van der Waals surface area contributed by atoms with Gasteiger partial charge in [-0.15, -0.1) is 11.8 Å². The van der Waals surface area contributed by atoms with Crippen molar-refractivity contribution in [2.24, 2.45) is 11.1 Å². The lowest BCUT2D eigenvalue weighted by molar-refractivity contribution is -0.121. The molecule has 28 heavy (non-hydrogen) atoms. The van der Waals surface area contributed by atoms with Crippen molar-refractivity contribution in [1.29, 1.82) is 0 Å². The van der Waals surface area contributed by atoms with Crippen LogP contribution in [0.2, 0.25) is 0 Å². The molecule has 1 amide bonds. The predicted octanol–water partition coefficient (Wildman–Crippen LogP) is 5.38. The Labute approximate surface area is 171 Å². The fourth-order valence-electron chi connectivity index (χ4n) is 4.12. The Hall–Kier alpha value is -2.01. The summed E-state index contributed by atoms with van der Waals surface area (Å²) >= 11 is 1.74. The Morgan fingerprint density at radius 2 is 1.89 bits per heavy atom. The van der Waals surface area contributed by atoms with Crippen molar-refractivity contribution in [3.63, 3.8) is 0 Å². The molecule has 3 nitrogen and oxygen atoms in total. The van der Waals surface area contributed by atoms with E-state index in [4.69, 9.17) is 5.73 Å². The lowest BCUT2D eigenvalue weighted by Crippen LogP contribution is -2.33. The number of nitrogens with two attached hydrogens (primary N) is 1. The quantitative estimate of drug-likeness (QED) is 0.685. The largest absolute Gasteiger partial charge is 0.369 e. The van der Waals surface area contributed by atoms with E-state index in [-0.39, 0.29) is 23.1 Å². The van der Waals surface area contributed by atoms with E-state index in [0.717, 1.165) is 45.1 Å². The van der Waals surface area contributed by atoms with Gasteiger partial charge in [-0.1, -0.05) is 33.8 Å². The van der Waals surface area contributed by atoms with E-state index in [9.17, 15) is 9.18 Å². The van der Waals surface area contributed by atoms with Crippen molar-refractivity contribution in [3.8, 4) is 0 Å². The smallest absolute Gasteiger partial charge is 0.225 e. The van der Waals surface area contributed by atoms with Gasteiger partial charge < -0.3 is 10.6 Å². The molecule has 2 aromatic carbocycles. The molecule has 0 aliphatic carbocycles. The standard InChI is InChI=1S/C23H29FN2OS/c1-6-28-19-11-18(26-12-15-7-8-17(24)10-16(15)13-26)9-14(2)20(19)21(22(25)27)23(3,4)5/h7-11,21H,6,12-13H2,1-5H3,(H2,25,27). The maximum Gasteiger partial charge on any atom is 0.225 e. The highest BCUT2D eigenvalue weighted by molar-refractivity contribution is 7.99. The van der Waals surface area contributed by atoms with E-state index in [0.29, 0.717) is 6.54 Å². The topological polar surface area (TPSA) is 46.3 Å². The van der Waals surface area contributed by atoms with Crippen LogP contribution in [0.5, 0.6) is 0 Å². The molecule has 0 radical (unpaired) electrons. The van der Waals surface area contributed by atoms with E-state index in [1.807, 2.05) is 6.07 Å². The van der Waals surface area contributed by atoms with Gasteiger partial charge in [0.15, 0.2) is 0 Å². The van der Waals surface area contributed by atoms with Crippen LogP contribution < -0.4 is 10.6 Å². The molecule has 0 aromatic heterocycles. The zero-order valence-corrected chi connectivity index (χ0v) is 18.1. The maximum atomic E-state index is 13.6. The number of primary amides is 1. The molecule has 1 aliphatic heterocycles. The number of hydrogen-bond acceptors (Lipinski definition) is 3. The third kappa shape index (κ3) is 4.04. The zero-order chi connectivity index (χ0) is 20.6. The second kappa shape index (κ2) is 7.78. The van der Waals surface area contributed by atoms with Gasteiger partial charge in [0.2, 0.25) is 5.91 Å². The van der Waals surface area contributed by atoms with Crippen LogP contribution in [0.25, 0.3) is 0 Å². The normalized spacial score (nSPS) is 14.9. The number of benzene rings is 2. The summed E-state index contributed by atoms with van der Waals surface area (Å²) < 4.78 is 13.6. The summed E-state index contributed by atoms with van der Waals surface area (Å²) in [6.07, 6.45) is 0. The number of rotatable bonds is 5. The predicted molar refractivity (Wildman–Crippen MR) is 115 cm³/mol. The number of hydrogen-bond donors (Lipinski definition) is 1. The zero-order valence-electron chi connectivity index (χ0n) is 17.3. The van der Waals surface area contributed by atoms with Crippen LogP contribution in [0, 0.1) is 18.2 Å². The summed E-state index contributed by atoms with van der Waals surface area (Å²) in [5, 5.41) is 0. The Kier molecular flexibility index (Phi) is 5.76. The Bertz CT molecular complexity index is 904. The van der Waals surface area contributed by atoms with Gasteiger partial charge in [0, 0.05) is 23.7 Å². The van der Waals surface area contributed by atoms with Gasteiger partial charge in [0.1, 0.15) is 5.82 Å². The summed E-state index contributed by atoms with van der Waals surface area (Å²) in [4.78, 5) is 15.7. The van der Waals surface area contributed by atoms with Crippen LogP contribution >= 0.6 is 11.8 Å². The molecule has 1 unspecified atom stereocenters. The fraction of sp³-hybridized carbons (Fsp3) is 0.435. The number of anilines is 1. The van der Waals surface area contributed by atoms with Crippen molar-refractivity contribution in [2.45, 2.75) is 58.5 Å². The Morgan fingerprint density at radius 1 is 1.21 bits per heavy atom. The molecule has 5 heteroatoms. The summed E-state index contributed by atoms with van der Waals surface area (Å²) in [5.74, 6) is 0.0893. The van der Waals surface area contributed by atoms with Crippen molar-refractivity contribution in [3.05, 3.63) is 58.4 Å². The van der Waals surface area contributed by atoms with E-state index >= 15 is 0 Å². The molecule has 2 aromatic rings. The van der Waals surface area contributed by atoms with Crippen LogP contribution in [0.15, 0.2) is 35.2 Å². The van der Waals surface area contributed by atoms with Gasteiger partial charge in [-0.2, -0.15) is 0 Å². The minimum Gasteiger partial charge on any atom is -0.369 e. The van der Waals surface area contributed by atoms with Crippen molar-refractivity contribution < 1.29 is 9.18 Å². The van der Waals surface area contributed by atoms with E-state index in [1.165, 1.54) is 6.07 Å². The first kappa shape index (κ1) is 20.7. The molecule has 3 rings (SSSR count). The highest BCUT2D eigenvalue weighted by atomic mass is 32.2. The molecule has 0 spiro atoms. The molecule has 0 bridgehead atoms. The molecule has 1 aliphatic rings. The van der Waals surface area contributed by atoms with Gasteiger partial charge in [-0.25, -0.2) is 4.39 Å². The molecule has 2 N–H and O–H groups in total. The Balaban J connectivity index is 2.04. The highest BCUT2D eigenvalue weighted by Gasteiger charge is 2.34. The molecule has 0 fully saturated rings. The number of carbonyl (C=O) groups excluding carboxylic acids is 1. The molecular formula is C23H29FN2OS. The van der Waals surface area contributed by atoms with Crippen molar-refractivity contribution >= 4 is 23.4 Å². The molecular weight excluding hydrogens is 371 g/mol. The van der Waals surface area contributed by atoms with Gasteiger partial charge in [0.05, 0.1) is 5.92 Å². The molecule has 0 saturated carbocycles. The number of thioether (sulfide) groups is 1. The minimum absolute atomic E-state index is 0.191. The lowest BCUT2D eigenvalue weighted by Gasteiger charge is -2.32. The number of nitrogens with zero attached hydrogens (tertiary/aromatic N) is 1. The maximum absolute atomic E-state index is 13.6. The summed E-state index contributed by atoms with van der Waals surface area (Å²) in [5.41, 5.74) is 11.0. The fourth-order valence-corrected chi connectivity index (χ4v) is 5.07. The second-order valence-corrected chi connectivity index (χ2v) is 9.88. The van der Waals surface area contributed by atoms with E-state index < -0.39 is 0 Å². The highest BCUT2D eigenvalue weighted by Crippen LogP contribution is 2.43. The van der Waals surface area contributed by atoms with Crippen LogP contribution in [0.3, 0.4) is 0 Å². The first-order valence-corrected chi connectivity index (χ1v) is 10.7. The van der Waals surface area contributed by atoms with E-state index in [1.54, 1.807) is 17.8 Å². The van der Waals surface area contributed by atoms with Crippen LogP contribution in [0.1, 0.15) is 55.9 Å². The van der Waals surface area contributed by atoms with Crippen LogP contribution in [0.4, 0.5) is 10.1 Å². The Morgan fingerprint density at radius 3 is 2.50 bits per heavy atom. The first-order chi connectivity index (χ1) is 13.1. The molecule has 0 saturated heterocycles. The monoisotopic (exact) mass is 400 g/mol. The number of halogens is 1. The second-order valence-electron chi connectivity index (χ2n) is 8.58. The van der Waals surface area contributed by atoms with Crippen molar-refractivity contribution in [1.82, 2.24) is 0 Å². The average Bonchev–Trinajstić information content (AvgIpc) is 2.99. The SMILES string of the molecule is CCSc1cc(N2Cc3ccc(F)cc3C2)cc(C)c1C(C(N)=O)C(C)(C)C.